The number of hydrogen-bond acceptors (Lipinski definition) is 6. The molecule has 0 amide bonds. The van der Waals surface area contributed by atoms with Crippen molar-refractivity contribution in [2.24, 2.45) is 0 Å². The van der Waals surface area contributed by atoms with Crippen molar-refractivity contribution in [3.05, 3.63) is 57.8 Å². The fourth-order valence-corrected chi connectivity index (χ4v) is 4.37. The molecule has 1 saturated heterocycles. The lowest BCUT2D eigenvalue weighted by Gasteiger charge is -2.28. The maximum atomic E-state index is 6.02. The first kappa shape index (κ1) is 19.5. The van der Waals surface area contributed by atoms with Gasteiger partial charge in [0.2, 0.25) is 5.95 Å². The van der Waals surface area contributed by atoms with Crippen molar-refractivity contribution in [1.29, 1.82) is 0 Å². The third kappa shape index (κ3) is 4.43. The number of thioether (sulfide) groups is 1. The van der Waals surface area contributed by atoms with Gasteiger partial charge in [-0.1, -0.05) is 52.7 Å². The summed E-state index contributed by atoms with van der Waals surface area (Å²) in [6, 6.07) is 12.0. The molecular weight excluding hydrogens is 417 g/mol. The number of ether oxygens (including phenoxy) is 1. The van der Waals surface area contributed by atoms with Gasteiger partial charge in [0, 0.05) is 18.8 Å². The first-order chi connectivity index (χ1) is 13.6. The third-order valence-corrected chi connectivity index (χ3v) is 5.78. The maximum Gasteiger partial charge on any atom is 0.232 e. The number of halogens is 2. The summed E-state index contributed by atoms with van der Waals surface area (Å²) in [5.41, 5.74) is 3.23. The van der Waals surface area contributed by atoms with Gasteiger partial charge in [-0.15, -0.1) is 10.2 Å². The molecule has 1 aromatic carbocycles. The lowest BCUT2D eigenvalue weighted by atomic mass is 10.2. The standard InChI is InChI=1S/C19H19Cl2N5OS/c1-13-2-4-15(5-3-13)26-18(25-6-8-27-9-7-25)23-24-19(26)28-12-14-10-16(20)22-17(21)11-14/h2-5,10-11H,6-9,12H2,1H3. The largest absolute Gasteiger partial charge is 0.378 e. The summed E-state index contributed by atoms with van der Waals surface area (Å²) >= 11 is 13.6. The van der Waals surface area contributed by atoms with Crippen LogP contribution in [0.1, 0.15) is 11.1 Å². The normalized spacial score (nSPS) is 14.5. The lowest BCUT2D eigenvalue weighted by molar-refractivity contribution is 0.122. The number of morpholine rings is 1. The van der Waals surface area contributed by atoms with E-state index in [0.29, 0.717) is 29.3 Å². The van der Waals surface area contributed by atoms with E-state index >= 15 is 0 Å². The number of nitrogens with zero attached hydrogens (tertiary/aromatic N) is 5. The van der Waals surface area contributed by atoms with Crippen molar-refractivity contribution in [2.45, 2.75) is 17.8 Å². The summed E-state index contributed by atoms with van der Waals surface area (Å²) in [4.78, 5) is 6.21. The van der Waals surface area contributed by atoms with E-state index in [0.717, 1.165) is 35.4 Å². The van der Waals surface area contributed by atoms with Crippen LogP contribution in [-0.4, -0.2) is 46.1 Å². The number of aryl methyl sites for hydroxylation is 1. The van der Waals surface area contributed by atoms with Crippen molar-refractivity contribution >= 4 is 40.9 Å². The molecule has 0 spiro atoms. The Hall–Kier alpha value is -1.80. The maximum absolute atomic E-state index is 6.02. The van der Waals surface area contributed by atoms with E-state index < -0.39 is 0 Å². The predicted molar refractivity (Wildman–Crippen MR) is 113 cm³/mol. The van der Waals surface area contributed by atoms with E-state index in [1.807, 2.05) is 12.1 Å². The number of pyridine rings is 1. The molecule has 0 aliphatic carbocycles. The van der Waals surface area contributed by atoms with E-state index in [-0.39, 0.29) is 0 Å². The minimum Gasteiger partial charge on any atom is -0.378 e. The predicted octanol–water partition coefficient (Wildman–Crippen LogP) is 4.41. The number of benzene rings is 1. The van der Waals surface area contributed by atoms with Gasteiger partial charge in [0.15, 0.2) is 5.16 Å². The monoisotopic (exact) mass is 435 g/mol. The number of rotatable bonds is 5. The Labute approximate surface area is 177 Å². The van der Waals surface area contributed by atoms with Crippen LogP contribution in [0.4, 0.5) is 5.95 Å². The molecule has 2 aromatic heterocycles. The molecule has 1 fully saturated rings. The molecule has 0 saturated carbocycles. The van der Waals surface area contributed by atoms with Gasteiger partial charge < -0.3 is 9.64 Å². The summed E-state index contributed by atoms with van der Waals surface area (Å²) < 4.78 is 7.58. The van der Waals surface area contributed by atoms with E-state index in [4.69, 9.17) is 27.9 Å². The Kier molecular flexibility index (Phi) is 6.06. The first-order valence-electron chi connectivity index (χ1n) is 8.90. The Balaban J connectivity index is 1.66. The molecule has 0 bridgehead atoms. The summed E-state index contributed by atoms with van der Waals surface area (Å²) in [6.45, 7) is 5.05. The van der Waals surface area contributed by atoms with Gasteiger partial charge in [0.25, 0.3) is 0 Å². The van der Waals surface area contributed by atoms with Crippen LogP contribution in [0.15, 0.2) is 41.6 Å². The SMILES string of the molecule is Cc1ccc(-n2c(SCc3cc(Cl)nc(Cl)c3)nnc2N2CCOCC2)cc1. The molecule has 4 rings (SSSR count). The lowest BCUT2D eigenvalue weighted by Crippen LogP contribution is -2.37. The highest BCUT2D eigenvalue weighted by atomic mass is 35.5. The van der Waals surface area contributed by atoms with Gasteiger partial charge in [0.05, 0.1) is 18.9 Å². The van der Waals surface area contributed by atoms with Crippen LogP contribution in [0.3, 0.4) is 0 Å². The molecule has 28 heavy (non-hydrogen) atoms. The average molecular weight is 436 g/mol. The highest BCUT2D eigenvalue weighted by Gasteiger charge is 2.22. The Morgan fingerprint density at radius 2 is 1.71 bits per heavy atom. The molecule has 0 unspecified atom stereocenters. The molecule has 3 heterocycles. The van der Waals surface area contributed by atoms with Crippen molar-refractivity contribution in [3.8, 4) is 5.69 Å². The second-order valence-corrected chi connectivity index (χ2v) is 8.18. The van der Waals surface area contributed by atoms with Crippen LogP contribution >= 0.6 is 35.0 Å². The van der Waals surface area contributed by atoms with Crippen LogP contribution in [-0.2, 0) is 10.5 Å². The summed E-state index contributed by atoms with van der Waals surface area (Å²) in [5, 5.41) is 10.5. The fraction of sp³-hybridized carbons (Fsp3) is 0.316. The molecular formula is C19H19Cl2N5OS. The molecule has 146 valence electrons. The molecule has 0 N–H and O–H groups in total. The average Bonchev–Trinajstić information content (AvgIpc) is 3.11. The smallest absolute Gasteiger partial charge is 0.232 e. The van der Waals surface area contributed by atoms with Gasteiger partial charge in [-0.2, -0.15) is 0 Å². The van der Waals surface area contributed by atoms with Crippen LogP contribution < -0.4 is 4.90 Å². The van der Waals surface area contributed by atoms with E-state index in [1.54, 1.807) is 11.8 Å². The number of anilines is 1. The van der Waals surface area contributed by atoms with E-state index in [1.165, 1.54) is 5.56 Å². The van der Waals surface area contributed by atoms with Gasteiger partial charge in [0.1, 0.15) is 10.3 Å². The van der Waals surface area contributed by atoms with Crippen molar-refractivity contribution in [3.63, 3.8) is 0 Å². The minimum atomic E-state index is 0.386. The Morgan fingerprint density at radius 1 is 1.04 bits per heavy atom. The Morgan fingerprint density at radius 3 is 2.39 bits per heavy atom. The third-order valence-electron chi connectivity index (χ3n) is 4.39. The molecule has 0 atom stereocenters. The molecule has 1 aliphatic rings. The van der Waals surface area contributed by atoms with Gasteiger partial charge in [-0.05, 0) is 36.8 Å². The van der Waals surface area contributed by atoms with Crippen molar-refractivity contribution in [1.82, 2.24) is 19.7 Å². The van der Waals surface area contributed by atoms with Crippen molar-refractivity contribution in [2.75, 3.05) is 31.2 Å². The van der Waals surface area contributed by atoms with Crippen LogP contribution in [0.25, 0.3) is 5.69 Å². The zero-order chi connectivity index (χ0) is 19.5. The highest BCUT2D eigenvalue weighted by molar-refractivity contribution is 7.98. The highest BCUT2D eigenvalue weighted by Crippen LogP contribution is 2.30. The van der Waals surface area contributed by atoms with Crippen LogP contribution in [0.5, 0.6) is 0 Å². The molecule has 3 aromatic rings. The summed E-state index contributed by atoms with van der Waals surface area (Å²) in [7, 11) is 0. The molecule has 6 nitrogen and oxygen atoms in total. The zero-order valence-electron chi connectivity index (χ0n) is 15.3. The zero-order valence-corrected chi connectivity index (χ0v) is 17.6. The summed E-state index contributed by atoms with van der Waals surface area (Å²) in [5.74, 6) is 1.50. The first-order valence-corrected chi connectivity index (χ1v) is 10.6. The van der Waals surface area contributed by atoms with Crippen LogP contribution in [0, 0.1) is 6.92 Å². The van der Waals surface area contributed by atoms with Gasteiger partial charge in [-0.3, -0.25) is 4.57 Å². The molecule has 0 radical (unpaired) electrons. The van der Waals surface area contributed by atoms with E-state index in [9.17, 15) is 0 Å². The van der Waals surface area contributed by atoms with Gasteiger partial charge in [-0.25, -0.2) is 4.98 Å². The van der Waals surface area contributed by atoms with Crippen molar-refractivity contribution < 1.29 is 4.74 Å². The quantitative estimate of drug-likeness (QED) is 0.437. The number of hydrogen-bond donors (Lipinski definition) is 0. The molecule has 1 aliphatic heterocycles. The Bertz CT molecular complexity index is 937. The fourth-order valence-electron chi connectivity index (χ4n) is 2.99. The topological polar surface area (TPSA) is 56.1 Å². The second-order valence-electron chi connectivity index (χ2n) is 6.46. The van der Waals surface area contributed by atoms with E-state index in [2.05, 4.69) is 55.8 Å². The summed E-state index contributed by atoms with van der Waals surface area (Å²) in [6.07, 6.45) is 0. The van der Waals surface area contributed by atoms with Crippen LogP contribution in [0.2, 0.25) is 10.3 Å². The van der Waals surface area contributed by atoms with Gasteiger partial charge >= 0.3 is 0 Å². The number of aromatic nitrogens is 4. The minimum absolute atomic E-state index is 0.386. The molecule has 9 heteroatoms. The second kappa shape index (κ2) is 8.69.